The second-order valence-electron chi connectivity index (χ2n) is 18.4. The fourth-order valence-electron chi connectivity index (χ4n) is 12.5. The first kappa shape index (κ1) is 37.7. The fraction of sp³-hybridized carbons (Fsp3) is 0.897. The molecular weight excluding hydrogens is 612 g/mol. The van der Waals surface area contributed by atoms with Gasteiger partial charge in [0.1, 0.15) is 24.4 Å². The third kappa shape index (κ3) is 5.43. The Labute approximate surface area is 287 Å². The third-order valence-corrected chi connectivity index (χ3v) is 15.6. The molecule has 0 saturated heterocycles. The summed E-state index contributed by atoms with van der Waals surface area (Å²) in [4.78, 5) is 26.0. The molecule has 3 saturated carbocycles. The number of aliphatic hydroxyl groups excluding tert-OH is 4. The SMILES string of the molecule is CC(=O)OC1CC2(C)C3=C(CCC2C(C)(C)C1OC1CC(CO)C(O)C(O)C1O)C1(C)CCC(C)(C(C)C(C)C)C(C(=O)O)C1(C)CC3. The highest BCUT2D eigenvalue weighted by molar-refractivity contribution is 5.73. The van der Waals surface area contributed by atoms with Gasteiger partial charge in [-0.1, -0.05) is 73.5 Å². The van der Waals surface area contributed by atoms with Gasteiger partial charge in [-0.15, -0.1) is 0 Å². The minimum atomic E-state index is -1.46. The van der Waals surface area contributed by atoms with Gasteiger partial charge in [-0.3, -0.25) is 9.59 Å². The van der Waals surface area contributed by atoms with E-state index in [2.05, 4.69) is 62.3 Å². The van der Waals surface area contributed by atoms with E-state index in [0.717, 1.165) is 38.5 Å². The molecule has 0 aromatic rings. The Morgan fingerprint density at radius 3 is 2.08 bits per heavy atom. The van der Waals surface area contributed by atoms with E-state index in [9.17, 15) is 35.1 Å². The summed E-state index contributed by atoms with van der Waals surface area (Å²) in [6, 6.07) is 0. The first-order chi connectivity index (χ1) is 22.1. The van der Waals surface area contributed by atoms with E-state index < -0.39 is 71.2 Å². The summed E-state index contributed by atoms with van der Waals surface area (Å²) in [5.74, 6) is -1.40. The monoisotopic (exact) mass is 676 g/mol. The number of carbonyl (C=O) groups is 2. The molecule has 9 nitrogen and oxygen atoms in total. The smallest absolute Gasteiger partial charge is 0.307 e. The van der Waals surface area contributed by atoms with Gasteiger partial charge in [-0.05, 0) is 96.2 Å². The molecule has 5 aliphatic rings. The third-order valence-electron chi connectivity index (χ3n) is 15.6. The van der Waals surface area contributed by atoms with Crippen LogP contribution >= 0.6 is 0 Å². The van der Waals surface area contributed by atoms with Crippen LogP contribution in [0, 0.1) is 56.7 Å². The van der Waals surface area contributed by atoms with Crippen molar-refractivity contribution in [1.29, 1.82) is 0 Å². The summed E-state index contributed by atoms with van der Waals surface area (Å²) >= 11 is 0. The van der Waals surface area contributed by atoms with Crippen LogP contribution in [0.2, 0.25) is 0 Å². The summed E-state index contributed by atoms with van der Waals surface area (Å²) in [7, 11) is 0. The number of aliphatic hydroxyl groups is 4. The van der Waals surface area contributed by atoms with Gasteiger partial charge in [0.2, 0.25) is 0 Å². The molecule has 14 unspecified atom stereocenters. The molecule has 0 spiro atoms. The number of hydrogen-bond acceptors (Lipinski definition) is 8. The lowest BCUT2D eigenvalue weighted by molar-refractivity contribution is -0.248. The van der Waals surface area contributed by atoms with Gasteiger partial charge in [0.05, 0.1) is 18.1 Å². The topological polar surface area (TPSA) is 154 Å². The normalized spacial score (nSPS) is 47.9. The number of carboxylic acids is 1. The molecule has 0 aliphatic heterocycles. The number of rotatable bonds is 7. The van der Waals surface area contributed by atoms with E-state index in [1.165, 1.54) is 18.1 Å². The summed E-state index contributed by atoms with van der Waals surface area (Å²) < 4.78 is 12.8. The molecular formula is C39H64O9. The fourth-order valence-corrected chi connectivity index (χ4v) is 12.5. The minimum Gasteiger partial charge on any atom is -0.481 e. The number of carbonyl (C=O) groups excluding carboxylic acids is 1. The minimum absolute atomic E-state index is 0.156. The standard InChI is InChI=1S/C39H64O9/c1-20(2)21(3)36(7)15-16-38(9)25-11-12-28-35(5,6)33(48-26-17-23(19-40)29(42)31(44)30(26)43)27(47-22(4)41)18-37(28,8)24(25)13-14-39(38,10)32(36)34(45)46/h20-21,23,26-33,40,42-44H,11-19H2,1-10H3,(H,45,46). The van der Waals surface area contributed by atoms with Crippen molar-refractivity contribution in [3.63, 3.8) is 0 Å². The first-order valence-corrected chi connectivity index (χ1v) is 18.5. The lowest BCUT2D eigenvalue weighted by Gasteiger charge is -2.68. The molecule has 0 radical (unpaired) electrons. The maximum absolute atomic E-state index is 13.3. The molecule has 274 valence electrons. The molecule has 14 atom stereocenters. The molecule has 48 heavy (non-hydrogen) atoms. The van der Waals surface area contributed by atoms with E-state index in [4.69, 9.17) is 9.47 Å². The van der Waals surface area contributed by atoms with Crippen molar-refractivity contribution in [3.05, 3.63) is 11.1 Å². The zero-order chi connectivity index (χ0) is 35.9. The Balaban J connectivity index is 1.55. The summed E-state index contributed by atoms with van der Waals surface area (Å²) in [5.41, 5.74) is 1.00. The van der Waals surface area contributed by atoms with Gasteiger partial charge in [-0.25, -0.2) is 0 Å². The first-order valence-electron chi connectivity index (χ1n) is 18.5. The van der Waals surface area contributed by atoms with Gasteiger partial charge in [-0.2, -0.15) is 0 Å². The molecule has 5 aliphatic carbocycles. The van der Waals surface area contributed by atoms with Gasteiger partial charge in [0.25, 0.3) is 0 Å². The predicted octanol–water partition coefficient (Wildman–Crippen LogP) is 5.51. The molecule has 0 aromatic heterocycles. The van der Waals surface area contributed by atoms with E-state index in [-0.39, 0.29) is 41.1 Å². The Kier molecular flexibility index (Phi) is 9.91. The quantitative estimate of drug-likeness (QED) is 0.174. The lowest BCUT2D eigenvalue weighted by atomic mass is 9.36. The molecule has 0 aromatic carbocycles. The zero-order valence-electron chi connectivity index (χ0n) is 31.1. The van der Waals surface area contributed by atoms with Crippen molar-refractivity contribution in [2.45, 2.75) is 157 Å². The number of hydrogen-bond donors (Lipinski definition) is 5. The van der Waals surface area contributed by atoms with Crippen LogP contribution in [-0.4, -0.2) is 80.7 Å². The number of ether oxygens (including phenoxy) is 2. The van der Waals surface area contributed by atoms with Crippen molar-refractivity contribution in [3.8, 4) is 0 Å². The molecule has 5 N–H and O–H groups in total. The second-order valence-corrected chi connectivity index (χ2v) is 18.4. The molecule has 9 heteroatoms. The predicted molar refractivity (Wildman–Crippen MR) is 182 cm³/mol. The van der Waals surface area contributed by atoms with Gasteiger partial charge >= 0.3 is 11.9 Å². The maximum Gasteiger partial charge on any atom is 0.307 e. The van der Waals surface area contributed by atoms with Crippen molar-refractivity contribution in [1.82, 2.24) is 0 Å². The Morgan fingerprint density at radius 1 is 0.875 bits per heavy atom. The van der Waals surface area contributed by atoms with E-state index in [0.29, 0.717) is 12.3 Å². The van der Waals surface area contributed by atoms with Crippen molar-refractivity contribution in [2.24, 2.45) is 56.7 Å². The highest BCUT2D eigenvalue weighted by Gasteiger charge is 2.68. The Bertz CT molecular complexity index is 1290. The molecule has 0 amide bonds. The highest BCUT2D eigenvalue weighted by atomic mass is 16.6. The van der Waals surface area contributed by atoms with Crippen LogP contribution in [0.15, 0.2) is 11.1 Å². The number of esters is 1. The van der Waals surface area contributed by atoms with Crippen molar-refractivity contribution >= 4 is 11.9 Å². The largest absolute Gasteiger partial charge is 0.481 e. The Morgan fingerprint density at radius 2 is 1.52 bits per heavy atom. The molecule has 0 bridgehead atoms. The van der Waals surface area contributed by atoms with Crippen LogP contribution in [0.3, 0.4) is 0 Å². The average molecular weight is 677 g/mol. The molecule has 3 fully saturated rings. The van der Waals surface area contributed by atoms with Crippen LogP contribution in [-0.2, 0) is 19.1 Å². The number of aliphatic carboxylic acids is 1. The van der Waals surface area contributed by atoms with Gasteiger partial charge in [0, 0.05) is 19.4 Å². The molecule has 5 rings (SSSR count). The number of carboxylic acid groups (broad SMARTS) is 1. The van der Waals surface area contributed by atoms with Gasteiger partial charge < -0.3 is 35.0 Å². The van der Waals surface area contributed by atoms with Crippen LogP contribution < -0.4 is 0 Å². The summed E-state index contributed by atoms with van der Waals surface area (Å²) in [5, 5.41) is 52.9. The highest BCUT2D eigenvalue weighted by Crippen LogP contribution is 2.73. The average Bonchev–Trinajstić information content (AvgIpc) is 2.98. The number of allylic oxidation sites excluding steroid dienone is 2. The van der Waals surface area contributed by atoms with Crippen LogP contribution in [0.25, 0.3) is 0 Å². The zero-order valence-corrected chi connectivity index (χ0v) is 31.1. The van der Waals surface area contributed by atoms with Crippen molar-refractivity contribution < 1.29 is 44.6 Å². The van der Waals surface area contributed by atoms with Crippen molar-refractivity contribution in [2.75, 3.05) is 6.61 Å². The Hall–Kier alpha value is -1.52. The van der Waals surface area contributed by atoms with E-state index in [1.54, 1.807) is 0 Å². The lowest BCUT2D eigenvalue weighted by Crippen LogP contribution is -2.65. The van der Waals surface area contributed by atoms with Crippen LogP contribution in [0.5, 0.6) is 0 Å². The number of fused-ring (bicyclic) bond motifs is 4. The van der Waals surface area contributed by atoms with E-state index >= 15 is 0 Å². The van der Waals surface area contributed by atoms with Crippen LogP contribution in [0.4, 0.5) is 0 Å². The molecule has 0 heterocycles. The second kappa shape index (κ2) is 12.6. The summed E-state index contributed by atoms with van der Waals surface area (Å²) in [6.07, 6.45) is -0.246. The van der Waals surface area contributed by atoms with Crippen LogP contribution in [0.1, 0.15) is 121 Å². The van der Waals surface area contributed by atoms with Gasteiger partial charge in [0.15, 0.2) is 0 Å². The maximum atomic E-state index is 13.3. The summed E-state index contributed by atoms with van der Waals surface area (Å²) in [6.45, 7) is 21.1. The van der Waals surface area contributed by atoms with E-state index in [1.807, 2.05) is 0 Å².